The monoisotopic (exact) mass is 218 g/mol. The molecule has 1 unspecified atom stereocenters. The van der Waals surface area contributed by atoms with E-state index in [1.165, 1.54) is 0 Å². The second kappa shape index (κ2) is 4.66. The third kappa shape index (κ3) is 2.25. The van der Waals surface area contributed by atoms with E-state index in [-0.39, 0.29) is 5.91 Å². The summed E-state index contributed by atoms with van der Waals surface area (Å²) in [6.45, 7) is 4.48. The van der Waals surface area contributed by atoms with Gasteiger partial charge in [-0.1, -0.05) is 19.1 Å². The van der Waals surface area contributed by atoms with E-state index in [0.717, 1.165) is 30.6 Å². The molecule has 2 N–H and O–H groups in total. The lowest BCUT2D eigenvalue weighted by molar-refractivity contribution is 0.0788. The Morgan fingerprint density at radius 2 is 2.12 bits per heavy atom. The van der Waals surface area contributed by atoms with Gasteiger partial charge in [-0.05, 0) is 30.0 Å². The number of carbonyl (C=O) groups excluding carboxylic acids is 1. The van der Waals surface area contributed by atoms with Crippen LogP contribution < -0.4 is 5.73 Å². The average Bonchev–Trinajstić information content (AvgIpc) is 2.75. The fourth-order valence-electron chi connectivity index (χ4n) is 2.09. The van der Waals surface area contributed by atoms with Crippen molar-refractivity contribution in [2.45, 2.75) is 19.9 Å². The van der Waals surface area contributed by atoms with Gasteiger partial charge in [-0.2, -0.15) is 0 Å². The predicted octanol–water partition coefficient (Wildman–Crippen LogP) is 1.63. The van der Waals surface area contributed by atoms with Crippen molar-refractivity contribution in [3.8, 4) is 0 Å². The summed E-state index contributed by atoms with van der Waals surface area (Å²) in [5.74, 6) is 0.778. The first kappa shape index (κ1) is 11.1. The number of hydrogen-bond donors (Lipinski definition) is 1. The van der Waals surface area contributed by atoms with E-state index >= 15 is 0 Å². The maximum absolute atomic E-state index is 12.1. The van der Waals surface area contributed by atoms with Crippen molar-refractivity contribution in [3.63, 3.8) is 0 Å². The molecular weight excluding hydrogens is 200 g/mol. The first-order valence-corrected chi connectivity index (χ1v) is 5.79. The quantitative estimate of drug-likeness (QED) is 0.820. The van der Waals surface area contributed by atoms with Gasteiger partial charge in [-0.15, -0.1) is 0 Å². The average molecular weight is 218 g/mol. The highest BCUT2D eigenvalue weighted by atomic mass is 16.2. The van der Waals surface area contributed by atoms with Crippen molar-refractivity contribution in [1.29, 1.82) is 0 Å². The molecule has 0 bridgehead atoms. The van der Waals surface area contributed by atoms with Crippen molar-refractivity contribution in [3.05, 3.63) is 35.4 Å². The molecule has 0 spiro atoms. The SMILES string of the molecule is CC1CCN(C(=O)c2ccc(CN)cc2)C1. The van der Waals surface area contributed by atoms with Crippen molar-refractivity contribution in [2.75, 3.05) is 13.1 Å². The molecule has 86 valence electrons. The summed E-state index contributed by atoms with van der Waals surface area (Å²) >= 11 is 0. The van der Waals surface area contributed by atoms with Gasteiger partial charge in [0.15, 0.2) is 0 Å². The summed E-state index contributed by atoms with van der Waals surface area (Å²) < 4.78 is 0. The standard InChI is InChI=1S/C13H18N2O/c1-10-6-7-15(9-10)13(16)12-4-2-11(8-14)3-5-12/h2-5,10H,6-9,14H2,1H3. The summed E-state index contributed by atoms with van der Waals surface area (Å²) in [5.41, 5.74) is 7.35. The van der Waals surface area contributed by atoms with Crippen LogP contribution in [-0.4, -0.2) is 23.9 Å². The van der Waals surface area contributed by atoms with Gasteiger partial charge in [-0.3, -0.25) is 4.79 Å². The Bertz CT molecular complexity index is 372. The molecule has 3 nitrogen and oxygen atoms in total. The highest BCUT2D eigenvalue weighted by Crippen LogP contribution is 2.18. The van der Waals surface area contributed by atoms with Crippen LogP contribution in [0.15, 0.2) is 24.3 Å². The Kier molecular flexibility index (Phi) is 3.25. The molecule has 1 saturated heterocycles. The van der Waals surface area contributed by atoms with Crippen LogP contribution in [0, 0.1) is 5.92 Å². The highest BCUT2D eigenvalue weighted by molar-refractivity contribution is 5.94. The summed E-state index contributed by atoms with van der Waals surface area (Å²) in [7, 11) is 0. The van der Waals surface area contributed by atoms with Crippen LogP contribution >= 0.6 is 0 Å². The Morgan fingerprint density at radius 1 is 1.44 bits per heavy atom. The summed E-state index contributed by atoms with van der Waals surface area (Å²) in [6.07, 6.45) is 1.12. The summed E-state index contributed by atoms with van der Waals surface area (Å²) in [5, 5.41) is 0. The fourth-order valence-corrected chi connectivity index (χ4v) is 2.09. The predicted molar refractivity (Wildman–Crippen MR) is 64.0 cm³/mol. The Morgan fingerprint density at radius 3 is 2.62 bits per heavy atom. The van der Waals surface area contributed by atoms with E-state index in [1.807, 2.05) is 29.2 Å². The number of nitrogens with zero attached hydrogens (tertiary/aromatic N) is 1. The van der Waals surface area contributed by atoms with Gasteiger partial charge >= 0.3 is 0 Å². The molecule has 1 fully saturated rings. The molecule has 16 heavy (non-hydrogen) atoms. The second-order valence-corrected chi connectivity index (χ2v) is 4.55. The Hall–Kier alpha value is -1.35. The third-order valence-electron chi connectivity index (χ3n) is 3.15. The van der Waals surface area contributed by atoms with Crippen LogP contribution in [0.4, 0.5) is 0 Å². The Labute approximate surface area is 96.2 Å². The maximum atomic E-state index is 12.1. The van der Waals surface area contributed by atoms with Gasteiger partial charge in [0.1, 0.15) is 0 Å². The smallest absolute Gasteiger partial charge is 0.253 e. The molecule has 0 aromatic heterocycles. The van der Waals surface area contributed by atoms with Crippen LogP contribution in [0.5, 0.6) is 0 Å². The number of amides is 1. The van der Waals surface area contributed by atoms with E-state index in [4.69, 9.17) is 5.73 Å². The highest BCUT2D eigenvalue weighted by Gasteiger charge is 2.23. The lowest BCUT2D eigenvalue weighted by Crippen LogP contribution is -2.28. The van der Waals surface area contributed by atoms with Crippen molar-refractivity contribution < 1.29 is 4.79 Å². The number of carbonyl (C=O) groups is 1. The van der Waals surface area contributed by atoms with Crippen LogP contribution in [-0.2, 0) is 6.54 Å². The van der Waals surface area contributed by atoms with Gasteiger partial charge in [0.25, 0.3) is 5.91 Å². The van der Waals surface area contributed by atoms with E-state index in [1.54, 1.807) is 0 Å². The second-order valence-electron chi connectivity index (χ2n) is 4.55. The number of nitrogens with two attached hydrogens (primary N) is 1. The van der Waals surface area contributed by atoms with Gasteiger partial charge < -0.3 is 10.6 Å². The van der Waals surface area contributed by atoms with E-state index in [9.17, 15) is 4.79 Å². The van der Waals surface area contributed by atoms with E-state index < -0.39 is 0 Å². The van der Waals surface area contributed by atoms with Crippen LogP contribution in [0.1, 0.15) is 29.3 Å². The molecule has 0 saturated carbocycles. The third-order valence-corrected chi connectivity index (χ3v) is 3.15. The minimum absolute atomic E-state index is 0.146. The molecular formula is C13H18N2O. The number of likely N-dealkylation sites (tertiary alicyclic amines) is 1. The van der Waals surface area contributed by atoms with Crippen molar-refractivity contribution in [1.82, 2.24) is 4.90 Å². The van der Waals surface area contributed by atoms with E-state index in [0.29, 0.717) is 12.5 Å². The number of hydrogen-bond acceptors (Lipinski definition) is 2. The molecule has 1 heterocycles. The zero-order valence-corrected chi connectivity index (χ0v) is 9.65. The maximum Gasteiger partial charge on any atom is 0.253 e. The van der Waals surface area contributed by atoms with Crippen LogP contribution in [0.3, 0.4) is 0 Å². The van der Waals surface area contributed by atoms with E-state index in [2.05, 4.69) is 6.92 Å². The first-order chi connectivity index (χ1) is 7.70. The molecule has 1 aliphatic rings. The fraction of sp³-hybridized carbons (Fsp3) is 0.462. The minimum Gasteiger partial charge on any atom is -0.338 e. The topological polar surface area (TPSA) is 46.3 Å². The summed E-state index contributed by atoms with van der Waals surface area (Å²) in [4.78, 5) is 14.0. The van der Waals surface area contributed by atoms with Gasteiger partial charge in [0.05, 0.1) is 0 Å². The lowest BCUT2D eigenvalue weighted by atomic mass is 10.1. The molecule has 3 heteroatoms. The normalized spacial score (nSPS) is 20.1. The summed E-state index contributed by atoms with van der Waals surface area (Å²) in [6, 6.07) is 7.58. The largest absolute Gasteiger partial charge is 0.338 e. The van der Waals surface area contributed by atoms with Crippen molar-refractivity contribution >= 4 is 5.91 Å². The van der Waals surface area contributed by atoms with Gasteiger partial charge in [-0.25, -0.2) is 0 Å². The molecule has 0 aliphatic carbocycles. The van der Waals surface area contributed by atoms with Gasteiger partial charge in [0.2, 0.25) is 0 Å². The molecule has 1 aromatic carbocycles. The van der Waals surface area contributed by atoms with Crippen molar-refractivity contribution in [2.24, 2.45) is 11.7 Å². The van der Waals surface area contributed by atoms with Gasteiger partial charge in [0, 0.05) is 25.2 Å². The number of benzene rings is 1. The zero-order chi connectivity index (χ0) is 11.5. The molecule has 1 aliphatic heterocycles. The molecule has 1 amide bonds. The zero-order valence-electron chi connectivity index (χ0n) is 9.65. The molecule has 0 radical (unpaired) electrons. The molecule has 2 rings (SSSR count). The molecule has 1 aromatic rings. The molecule has 1 atom stereocenters. The van der Waals surface area contributed by atoms with Crippen LogP contribution in [0.2, 0.25) is 0 Å². The number of rotatable bonds is 2. The minimum atomic E-state index is 0.146. The Balaban J connectivity index is 2.08. The van der Waals surface area contributed by atoms with Crippen LogP contribution in [0.25, 0.3) is 0 Å². The lowest BCUT2D eigenvalue weighted by Gasteiger charge is -2.15. The first-order valence-electron chi connectivity index (χ1n) is 5.79.